The van der Waals surface area contributed by atoms with Crippen LogP contribution in [0, 0.1) is 0 Å². The quantitative estimate of drug-likeness (QED) is 0.134. The van der Waals surface area contributed by atoms with Crippen molar-refractivity contribution in [3.05, 3.63) is 100 Å². The molecule has 0 saturated carbocycles. The van der Waals surface area contributed by atoms with Gasteiger partial charge >= 0.3 is 6.03 Å². The molecule has 238 valence electrons. The number of aromatic nitrogens is 1. The molecule has 1 saturated heterocycles. The van der Waals surface area contributed by atoms with Gasteiger partial charge < -0.3 is 15.5 Å². The molecular formula is C33H39ClN6O3S2. The minimum absolute atomic E-state index is 0.138. The molecule has 1 aromatic heterocycles. The number of nitrogens with one attached hydrogen (secondary N) is 4. The summed E-state index contributed by atoms with van der Waals surface area (Å²) in [4.78, 5) is 20.2. The van der Waals surface area contributed by atoms with E-state index in [0.29, 0.717) is 52.1 Å². The Morgan fingerprint density at radius 1 is 1.02 bits per heavy atom. The molecule has 4 aromatic rings. The van der Waals surface area contributed by atoms with Gasteiger partial charge in [0.15, 0.2) is 5.13 Å². The number of benzene rings is 3. The van der Waals surface area contributed by atoms with Crippen LogP contribution in [0.15, 0.2) is 84.9 Å². The lowest BCUT2D eigenvalue weighted by Gasteiger charge is -2.28. The fourth-order valence-electron chi connectivity index (χ4n) is 5.54. The van der Waals surface area contributed by atoms with Crippen LogP contribution in [0.2, 0.25) is 4.34 Å². The van der Waals surface area contributed by atoms with Crippen LogP contribution in [0.25, 0.3) is 11.3 Å². The number of urea groups is 1. The average molecular weight is 667 g/mol. The molecule has 0 aliphatic carbocycles. The average Bonchev–Trinajstić information content (AvgIpc) is 3.40. The molecule has 0 spiro atoms. The fourth-order valence-corrected chi connectivity index (χ4v) is 7.18. The second kappa shape index (κ2) is 15.7. The zero-order valence-corrected chi connectivity index (χ0v) is 27.6. The number of hydrogen-bond acceptors (Lipinski definition) is 7. The van der Waals surface area contributed by atoms with Crippen molar-refractivity contribution in [1.29, 1.82) is 0 Å². The van der Waals surface area contributed by atoms with Crippen LogP contribution >= 0.6 is 22.9 Å². The molecule has 45 heavy (non-hydrogen) atoms. The van der Waals surface area contributed by atoms with Gasteiger partial charge in [-0.15, -0.1) is 0 Å². The Bertz CT molecular complexity index is 1590. The van der Waals surface area contributed by atoms with Crippen molar-refractivity contribution in [2.75, 3.05) is 49.0 Å². The molecule has 3 aromatic carbocycles. The molecule has 12 heteroatoms. The van der Waals surface area contributed by atoms with Gasteiger partial charge in [0.25, 0.3) is 0 Å². The minimum atomic E-state index is -3.39. The highest BCUT2D eigenvalue weighted by molar-refractivity contribution is 7.92. The van der Waals surface area contributed by atoms with Crippen LogP contribution in [-0.2, 0) is 10.0 Å². The van der Waals surface area contributed by atoms with Crippen molar-refractivity contribution in [3.63, 3.8) is 0 Å². The minimum Gasteiger partial charge on any atom is -0.323 e. The molecule has 1 aliphatic heterocycles. The van der Waals surface area contributed by atoms with E-state index in [1.807, 2.05) is 17.0 Å². The number of hydrogen-bond donors (Lipinski definition) is 4. The highest BCUT2D eigenvalue weighted by Crippen LogP contribution is 2.36. The summed E-state index contributed by atoms with van der Waals surface area (Å²) in [6, 6.07) is 27.8. The summed E-state index contributed by atoms with van der Waals surface area (Å²) >= 11 is 7.75. The number of anilines is 2. The van der Waals surface area contributed by atoms with Crippen molar-refractivity contribution in [1.82, 2.24) is 20.5 Å². The Balaban J connectivity index is 1.30. The largest absolute Gasteiger partial charge is 0.323 e. The van der Waals surface area contributed by atoms with E-state index in [9.17, 15) is 13.2 Å². The number of sulfonamides is 1. The number of nitrogens with zero attached hydrogens (tertiary/aromatic N) is 2. The summed E-state index contributed by atoms with van der Waals surface area (Å²) in [6.07, 6.45) is 4.12. The standard InChI is InChI=1S/C33H39ClN6O3S2/c1-45(42,43)39-27-16-14-26(15-17-27)30-31(34)44-32(37-30)38-33(41)40(22-20-36-28-13-8-19-35-23-28)21-18-29(24-9-4-2-5-10-24)25-11-6-3-7-12-25/h2-7,9-12,14-17,28-29,35-36,39H,8,13,18-23H2,1H3,(H,37,38,41). The van der Waals surface area contributed by atoms with Crippen LogP contribution in [0.4, 0.5) is 15.6 Å². The maximum Gasteiger partial charge on any atom is 0.323 e. The van der Waals surface area contributed by atoms with Crippen molar-refractivity contribution in [2.45, 2.75) is 31.2 Å². The molecule has 2 heterocycles. The topological polar surface area (TPSA) is 115 Å². The first-order valence-electron chi connectivity index (χ1n) is 15.1. The highest BCUT2D eigenvalue weighted by atomic mass is 35.5. The van der Waals surface area contributed by atoms with Crippen molar-refractivity contribution in [2.24, 2.45) is 0 Å². The second-order valence-corrected chi connectivity index (χ2v) is 14.5. The number of piperidine rings is 1. The third-order valence-corrected chi connectivity index (χ3v) is 9.53. The first kappa shape index (κ1) is 32.9. The van der Waals surface area contributed by atoms with Gasteiger partial charge in [-0.1, -0.05) is 95.7 Å². The Kier molecular flexibility index (Phi) is 11.5. The van der Waals surface area contributed by atoms with Crippen molar-refractivity contribution in [3.8, 4) is 11.3 Å². The third kappa shape index (κ3) is 9.75. The van der Waals surface area contributed by atoms with Gasteiger partial charge in [0.1, 0.15) is 10.0 Å². The second-order valence-electron chi connectivity index (χ2n) is 11.2. The maximum atomic E-state index is 13.7. The predicted octanol–water partition coefficient (Wildman–Crippen LogP) is 6.23. The third-order valence-electron chi connectivity index (χ3n) is 7.75. The number of halogens is 1. The number of amides is 2. The number of carbonyl (C=O) groups is 1. The fraction of sp³-hybridized carbons (Fsp3) is 0.333. The van der Waals surface area contributed by atoms with Gasteiger partial charge in [-0.25, -0.2) is 18.2 Å². The van der Waals surface area contributed by atoms with E-state index < -0.39 is 10.0 Å². The molecule has 4 N–H and O–H groups in total. The first-order valence-corrected chi connectivity index (χ1v) is 18.2. The Labute approximate surface area is 274 Å². The van der Waals surface area contributed by atoms with Crippen LogP contribution in [0.1, 0.15) is 36.3 Å². The molecule has 9 nitrogen and oxygen atoms in total. The zero-order chi connectivity index (χ0) is 31.6. The Morgan fingerprint density at radius 2 is 1.69 bits per heavy atom. The van der Waals surface area contributed by atoms with E-state index in [2.05, 4.69) is 74.2 Å². The van der Waals surface area contributed by atoms with E-state index in [1.165, 1.54) is 22.5 Å². The smallest absolute Gasteiger partial charge is 0.323 e. The van der Waals surface area contributed by atoms with Crippen LogP contribution in [0.5, 0.6) is 0 Å². The summed E-state index contributed by atoms with van der Waals surface area (Å²) < 4.78 is 26.0. The SMILES string of the molecule is CS(=O)(=O)Nc1ccc(-c2nc(NC(=O)N(CCNC3CCCNC3)CCC(c3ccccc3)c3ccccc3)sc2Cl)cc1. The summed E-state index contributed by atoms with van der Waals surface area (Å²) in [7, 11) is -3.39. The Morgan fingerprint density at radius 3 is 2.29 bits per heavy atom. The van der Waals surface area contributed by atoms with E-state index in [-0.39, 0.29) is 11.9 Å². The first-order chi connectivity index (χ1) is 21.7. The van der Waals surface area contributed by atoms with E-state index >= 15 is 0 Å². The zero-order valence-electron chi connectivity index (χ0n) is 25.2. The summed E-state index contributed by atoms with van der Waals surface area (Å²) in [5, 5.41) is 10.4. The van der Waals surface area contributed by atoms with Gasteiger partial charge in [0, 0.05) is 49.4 Å². The lowest BCUT2D eigenvalue weighted by Crippen LogP contribution is -2.47. The molecule has 2 amide bonds. The predicted molar refractivity (Wildman–Crippen MR) is 185 cm³/mol. The van der Waals surface area contributed by atoms with Gasteiger partial charge in [-0.3, -0.25) is 10.0 Å². The van der Waals surface area contributed by atoms with Crippen LogP contribution in [-0.4, -0.2) is 69.4 Å². The highest BCUT2D eigenvalue weighted by Gasteiger charge is 2.22. The van der Waals surface area contributed by atoms with Gasteiger partial charge in [0.2, 0.25) is 10.0 Å². The molecular weight excluding hydrogens is 628 g/mol. The molecule has 0 radical (unpaired) electrons. The normalized spacial score (nSPS) is 15.1. The maximum absolute atomic E-state index is 13.7. The monoisotopic (exact) mass is 666 g/mol. The van der Waals surface area contributed by atoms with Gasteiger partial charge in [-0.05, 0) is 49.1 Å². The molecule has 1 aliphatic rings. The van der Waals surface area contributed by atoms with Crippen LogP contribution < -0.4 is 20.7 Å². The van der Waals surface area contributed by atoms with E-state index in [4.69, 9.17) is 11.6 Å². The lowest BCUT2D eigenvalue weighted by atomic mass is 9.88. The molecule has 1 fully saturated rings. The summed E-state index contributed by atoms with van der Waals surface area (Å²) in [5.74, 6) is 0.138. The number of carbonyl (C=O) groups excluding carboxylic acids is 1. The van der Waals surface area contributed by atoms with Gasteiger partial charge in [-0.2, -0.15) is 0 Å². The van der Waals surface area contributed by atoms with Gasteiger partial charge in [0.05, 0.1) is 6.26 Å². The van der Waals surface area contributed by atoms with E-state index in [1.54, 1.807) is 24.3 Å². The number of thiazole rings is 1. The molecule has 1 unspecified atom stereocenters. The van der Waals surface area contributed by atoms with Crippen LogP contribution in [0.3, 0.4) is 0 Å². The van der Waals surface area contributed by atoms with Crippen molar-refractivity contribution < 1.29 is 13.2 Å². The molecule has 0 bridgehead atoms. The van der Waals surface area contributed by atoms with E-state index in [0.717, 1.165) is 38.6 Å². The van der Waals surface area contributed by atoms with Crippen molar-refractivity contribution >= 4 is 49.8 Å². The number of rotatable bonds is 13. The molecule has 1 atom stereocenters. The summed E-state index contributed by atoms with van der Waals surface area (Å²) in [5.41, 5.74) is 4.11. The summed E-state index contributed by atoms with van der Waals surface area (Å²) in [6.45, 7) is 3.75. The molecule has 5 rings (SSSR count). The Hall–Kier alpha value is -3.48. The lowest BCUT2D eigenvalue weighted by molar-refractivity contribution is 0.208.